The van der Waals surface area contributed by atoms with Crippen LogP contribution >= 0.6 is 0 Å². The molecular weight excluding hydrogens is 413 g/mol. The third-order valence-electron chi connectivity index (χ3n) is 11.1. The highest BCUT2D eigenvalue weighted by atomic mass is 19.1. The lowest BCUT2D eigenvalue weighted by atomic mass is 9.44. The fourth-order valence-electron chi connectivity index (χ4n) is 9.31. The molecule has 8 unspecified atom stereocenters. The second-order valence-electron chi connectivity index (χ2n) is 12.6. The van der Waals surface area contributed by atoms with Gasteiger partial charge in [-0.15, -0.1) is 5.10 Å². The Morgan fingerprint density at radius 1 is 1.06 bits per heavy atom. The number of nitrogens with zero attached hydrogens (tertiary/aromatic N) is 3. The monoisotopic (exact) mass is 451 g/mol. The molecule has 0 radical (unpaired) electrons. The SMILES string of the molecule is CC1CCC2(C)C(CCC3C2CCC2(C)C(C(=O)Cn4nnc5ccc(F)cc54)CCC32)C1. The van der Waals surface area contributed by atoms with E-state index in [0.717, 1.165) is 30.1 Å². The highest BCUT2D eigenvalue weighted by Gasteiger charge is 2.60. The van der Waals surface area contributed by atoms with Crippen molar-refractivity contribution in [2.45, 2.75) is 85.1 Å². The summed E-state index contributed by atoms with van der Waals surface area (Å²) >= 11 is 0. The molecule has 1 heterocycles. The van der Waals surface area contributed by atoms with Crippen LogP contribution in [0.1, 0.15) is 78.6 Å². The standard InChI is InChI=1S/C28H38FN3O/c1-17-10-12-27(2)18(14-17)4-6-20-21-7-8-23(28(21,3)13-11-22(20)27)26(33)16-32-25-15-19(29)5-9-24(25)30-31-32/h5,9,15,17-18,20-23H,4,6-8,10-14,16H2,1-3H3. The van der Waals surface area contributed by atoms with E-state index in [4.69, 9.17) is 0 Å². The molecule has 0 N–H and O–H groups in total. The topological polar surface area (TPSA) is 47.8 Å². The number of Topliss-reactive ketones (excluding diaryl/α,β-unsaturated/α-hetero) is 1. The molecule has 33 heavy (non-hydrogen) atoms. The molecule has 0 bridgehead atoms. The zero-order valence-corrected chi connectivity index (χ0v) is 20.4. The molecule has 4 aliphatic carbocycles. The minimum absolute atomic E-state index is 0.0909. The lowest BCUT2D eigenvalue weighted by molar-refractivity contribution is -0.137. The molecule has 1 aromatic heterocycles. The first-order valence-corrected chi connectivity index (χ1v) is 13.3. The van der Waals surface area contributed by atoms with E-state index in [2.05, 4.69) is 31.1 Å². The van der Waals surface area contributed by atoms with Crippen LogP contribution in [0.25, 0.3) is 11.0 Å². The van der Waals surface area contributed by atoms with E-state index in [1.807, 2.05) is 0 Å². The smallest absolute Gasteiger partial charge is 0.157 e. The van der Waals surface area contributed by atoms with Crippen molar-refractivity contribution in [1.82, 2.24) is 15.0 Å². The van der Waals surface area contributed by atoms with Gasteiger partial charge >= 0.3 is 0 Å². The Bertz CT molecular complexity index is 1080. The van der Waals surface area contributed by atoms with Gasteiger partial charge < -0.3 is 0 Å². The van der Waals surface area contributed by atoms with Gasteiger partial charge in [0, 0.05) is 12.0 Å². The van der Waals surface area contributed by atoms with E-state index in [0.29, 0.717) is 22.4 Å². The summed E-state index contributed by atoms with van der Waals surface area (Å²) in [6.07, 6.45) is 11.7. The van der Waals surface area contributed by atoms with E-state index >= 15 is 0 Å². The minimum Gasteiger partial charge on any atom is -0.297 e. The van der Waals surface area contributed by atoms with E-state index in [-0.39, 0.29) is 29.5 Å². The molecule has 4 saturated carbocycles. The third-order valence-corrected chi connectivity index (χ3v) is 11.1. The van der Waals surface area contributed by atoms with Crippen molar-refractivity contribution in [1.29, 1.82) is 0 Å². The highest BCUT2D eigenvalue weighted by Crippen LogP contribution is 2.67. The van der Waals surface area contributed by atoms with E-state index in [1.54, 1.807) is 10.7 Å². The van der Waals surface area contributed by atoms with Crippen LogP contribution in [-0.4, -0.2) is 20.8 Å². The molecular formula is C28H38FN3O. The number of hydrogen-bond donors (Lipinski definition) is 0. The molecule has 178 valence electrons. The number of ketones is 1. The molecule has 4 fully saturated rings. The van der Waals surface area contributed by atoms with Gasteiger partial charge in [0.15, 0.2) is 5.78 Å². The average Bonchev–Trinajstić information content (AvgIpc) is 3.34. The van der Waals surface area contributed by atoms with Gasteiger partial charge in [-0.25, -0.2) is 9.07 Å². The summed E-state index contributed by atoms with van der Waals surface area (Å²) in [6, 6.07) is 4.47. The number of rotatable bonds is 3. The fraction of sp³-hybridized carbons (Fsp3) is 0.750. The van der Waals surface area contributed by atoms with Crippen LogP contribution in [0.3, 0.4) is 0 Å². The molecule has 1 aromatic carbocycles. The summed E-state index contributed by atoms with van der Waals surface area (Å²) in [7, 11) is 0. The van der Waals surface area contributed by atoms with E-state index in [9.17, 15) is 9.18 Å². The predicted octanol–water partition coefficient (Wildman–Crippen LogP) is 6.43. The van der Waals surface area contributed by atoms with Crippen LogP contribution < -0.4 is 0 Å². The van der Waals surface area contributed by atoms with Crippen LogP contribution in [0.5, 0.6) is 0 Å². The zero-order chi connectivity index (χ0) is 23.0. The average molecular weight is 452 g/mol. The molecule has 8 atom stereocenters. The lowest BCUT2D eigenvalue weighted by Gasteiger charge is -2.61. The first-order chi connectivity index (χ1) is 15.8. The van der Waals surface area contributed by atoms with Crippen molar-refractivity contribution in [2.75, 3.05) is 0 Å². The summed E-state index contributed by atoms with van der Waals surface area (Å²) in [5.41, 5.74) is 1.88. The molecule has 0 saturated heterocycles. The van der Waals surface area contributed by atoms with Gasteiger partial charge in [-0.3, -0.25) is 4.79 Å². The van der Waals surface area contributed by atoms with Crippen molar-refractivity contribution in [2.24, 2.45) is 46.3 Å². The maximum Gasteiger partial charge on any atom is 0.157 e. The maximum atomic E-state index is 13.8. The summed E-state index contributed by atoms with van der Waals surface area (Å²) in [6.45, 7) is 7.69. The Balaban J connectivity index is 1.23. The Morgan fingerprint density at radius 3 is 2.70 bits per heavy atom. The van der Waals surface area contributed by atoms with Crippen molar-refractivity contribution < 1.29 is 9.18 Å². The number of carbonyl (C=O) groups excluding carboxylic acids is 1. The van der Waals surface area contributed by atoms with Crippen molar-refractivity contribution >= 4 is 16.8 Å². The Hall–Kier alpha value is -1.78. The van der Waals surface area contributed by atoms with E-state index in [1.165, 1.54) is 63.5 Å². The summed E-state index contributed by atoms with van der Waals surface area (Å²) in [4.78, 5) is 13.6. The third kappa shape index (κ3) is 3.24. The van der Waals surface area contributed by atoms with Crippen molar-refractivity contribution in [3.05, 3.63) is 24.0 Å². The molecule has 5 heteroatoms. The van der Waals surface area contributed by atoms with Crippen LogP contribution in [0.2, 0.25) is 0 Å². The molecule has 4 nitrogen and oxygen atoms in total. The summed E-state index contributed by atoms with van der Waals surface area (Å²) in [5, 5.41) is 8.32. The molecule has 0 spiro atoms. The molecule has 0 amide bonds. The van der Waals surface area contributed by atoms with Gasteiger partial charge in [0.1, 0.15) is 17.9 Å². The lowest BCUT2D eigenvalue weighted by Crippen LogP contribution is -2.53. The Kier molecular flexibility index (Phi) is 5.01. The number of aromatic nitrogens is 3. The molecule has 4 aliphatic rings. The van der Waals surface area contributed by atoms with Gasteiger partial charge in [0.05, 0.1) is 5.52 Å². The maximum absolute atomic E-state index is 13.8. The first kappa shape index (κ1) is 21.7. The number of halogens is 1. The highest BCUT2D eigenvalue weighted by molar-refractivity contribution is 5.84. The van der Waals surface area contributed by atoms with Crippen LogP contribution in [-0.2, 0) is 11.3 Å². The largest absolute Gasteiger partial charge is 0.297 e. The zero-order valence-electron chi connectivity index (χ0n) is 20.4. The second kappa shape index (κ2) is 7.61. The van der Waals surface area contributed by atoms with Crippen molar-refractivity contribution in [3.63, 3.8) is 0 Å². The van der Waals surface area contributed by atoms with Gasteiger partial charge in [0.25, 0.3) is 0 Å². The van der Waals surface area contributed by atoms with E-state index < -0.39 is 0 Å². The van der Waals surface area contributed by atoms with Crippen LogP contribution in [0, 0.1) is 52.2 Å². The normalized spacial score (nSPS) is 42.5. The molecule has 0 aliphatic heterocycles. The summed E-state index contributed by atoms with van der Waals surface area (Å²) in [5.74, 6) is 4.15. The number of carbonyl (C=O) groups is 1. The van der Waals surface area contributed by atoms with Gasteiger partial charge in [-0.1, -0.05) is 32.4 Å². The van der Waals surface area contributed by atoms with Gasteiger partial charge in [-0.05, 0) is 104 Å². The minimum atomic E-state index is -0.314. The van der Waals surface area contributed by atoms with Gasteiger partial charge in [0.2, 0.25) is 0 Å². The van der Waals surface area contributed by atoms with Crippen LogP contribution in [0.4, 0.5) is 4.39 Å². The summed E-state index contributed by atoms with van der Waals surface area (Å²) < 4.78 is 15.4. The first-order valence-electron chi connectivity index (χ1n) is 13.3. The Morgan fingerprint density at radius 2 is 1.85 bits per heavy atom. The van der Waals surface area contributed by atoms with Crippen LogP contribution in [0.15, 0.2) is 18.2 Å². The number of benzene rings is 1. The Labute approximate surface area is 196 Å². The number of fused-ring (bicyclic) bond motifs is 6. The molecule has 2 aromatic rings. The quantitative estimate of drug-likeness (QED) is 0.540. The van der Waals surface area contributed by atoms with Gasteiger partial charge in [-0.2, -0.15) is 0 Å². The molecule has 6 rings (SSSR count). The fourth-order valence-corrected chi connectivity index (χ4v) is 9.31. The predicted molar refractivity (Wildman–Crippen MR) is 127 cm³/mol. The number of hydrogen-bond acceptors (Lipinski definition) is 3. The van der Waals surface area contributed by atoms with Crippen molar-refractivity contribution in [3.8, 4) is 0 Å². The second-order valence-corrected chi connectivity index (χ2v) is 12.6.